The molecular formula is C23H16FN5O3S. The molecule has 2 aromatic carbocycles. The average Bonchev–Trinajstić information content (AvgIpc) is 3.41. The highest BCUT2D eigenvalue weighted by Gasteiger charge is 2.16. The second-order valence-corrected chi connectivity index (χ2v) is 8.11. The highest BCUT2D eigenvalue weighted by Crippen LogP contribution is 2.23. The molecular weight excluding hydrogens is 445 g/mol. The summed E-state index contributed by atoms with van der Waals surface area (Å²) in [5.74, 6) is -1.23. The van der Waals surface area contributed by atoms with E-state index >= 15 is 0 Å². The van der Waals surface area contributed by atoms with Gasteiger partial charge in [-0.25, -0.2) is 14.2 Å². The molecule has 33 heavy (non-hydrogen) atoms. The molecule has 0 fully saturated rings. The Balaban J connectivity index is 1.37. The first-order valence-corrected chi connectivity index (χ1v) is 10.8. The Morgan fingerprint density at radius 2 is 1.91 bits per heavy atom. The molecule has 5 aromatic rings. The van der Waals surface area contributed by atoms with Crippen molar-refractivity contribution in [3.63, 3.8) is 0 Å². The fourth-order valence-corrected chi connectivity index (χ4v) is 4.10. The molecule has 0 aliphatic rings. The van der Waals surface area contributed by atoms with Gasteiger partial charge >= 0.3 is 5.69 Å². The molecule has 3 aromatic heterocycles. The molecule has 10 heteroatoms. The maximum Gasteiger partial charge on any atom is 0.328 e. The summed E-state index contributed by atoms with van der Waals surface area (Å²) in [5, 5.41) is 4.60. The van der Waals surface area contributed by atoms with Gasteiger partial charge < -0.3 is 10.3 Å². The van der Waals surface area contributed by atoms with Crippen LogP contribution in [0.1, 0.15) is 15.9 Å². The van der Waals surface area contributed by atoms with Crippen LogP contribution in [0.2, 0.25) is 0 Å². The molecule has 0 radical (unpaired) electrons. The molecule has 0 aliphatic carbocycles. The fraction of sp³-hybridized carbons (Fsp3) is 0.0435. The van der Waals surface area contributed by atoms with Crippen LogP contribution in [-0.4, -0.2) is 24.8 Å². The van der Waals surface area contributed by atoms with Crippen molar-refractivity contribution < 1.29 is 9.18 Å². The number of aromatic nitrogens is 4. The van der Waals surface area contributed by atoms with E-state index in [1.54, 1.807) is 18.2 Å². The zero-order valence-electron chi connectivity index (χ0n) is 17.0. The lowest BCUT2D eigenvalue weighted by atomic mass is 10.1. The highest BCUT2D eigenvalue weighted by atomic mass is 32.1. The number of halogens is 1. The number of H-pyrrole nitrogens is 1. The molecule has 1 amide bonds. The Kier molecular flexibility index (Phi) is 5.19. The number of amides is 1. The number of nitrogens with one attached hydrogen (secondary N) is 2. The van der Waals surface area contributed by atoms with Gasteiger partial charge in [0.25, 0.3) is 11.5 Å². The van der Waals surface area contributed by atoms with Gasteiger partial charge in [-0.15, -0.1) is 11.3 Å². The van der Waals surface area contributed by atoms with E-state index in [1.165, 1.54) is 29.5 Å². The Labute approximate surface area is 189 Å². The van der Waals surface area contributed by atoms with Gasteiger partial charge in [-0.1, -0.05) is 30.3 Å². The number of rotatable bonds is 5. The van der Waals surface area contributed by atoms with Gasteiger partial charge in [-0.2, -0.15) is 0 Å². The van der Waals surface area contributed by atoms with Crippen molar-refractivity contribution in [2.75, 3.05) is 5.32 Å². The Morgan fingerprint density at radius 3 is 2.67 bits per heavy atom. The van der Waals surface area contributed by atoms with Gasteiger partial charge in [0.1, 0.15) is 11.4 Å². The van der Waals surface area contributed by atoms with E-state index in [-0.39, 0.29) is 17.7 Å². The number of anilines is 1. The second kappa shape index (κ2) is 8.32. The summed E-state index contributed by atoms with van der Waals surface area (Å²) in [6.45, 7) is -0.293. The Hall–Kier alpha value is -4.31. The van der Waals surface area contributed by atoms with E-state index in [4.69, 9.17) is 0 Å². The summed E-state index contributed by atoms with van der Waals surface area (Å²) in [4.78, 5) is 45.5. The lowest BCUT2D eigenvalue weighted by Crippen LogP contribution is -2.39. The number of imidazole rings is 1. The molecule has 0 saturated carbocycles. The van der Waals surface area contributed by atoms with Crippen LogP contribution >= 0.6 is 11.3 Å². The van der Waals surface area contributed by atoms with E-state index in [0.29, 0.717) is 5.69 Å². The highest BCUT2D eigenvalue weighted by molar-refractivity contribution is 7.15. The van der Waals surface area contributed by atoms with Crippen molar-refractivity contribution >= 4 is 27.9 Å². The summed E-state index contributed by atoms with van der Waals surface area (Å²) in [6.07, 6.45) is 4.90. The fourth-order valence-electron chi connectivity index (χ4n) is 3.40. The van der Waals surface area contributed by atoms with Crippen LogP contribution in [0.4, 0.5) is 10.1 Å². The van der Waals surface area contributed by atoms with E-state index in [9.17, 15) is 18.8 Å². The minimum atomic E-state index is -0.811. The number of carbonyl (C=O) groups is 1. The molecule has 0 saturated heterocycles. The minimum absolute atomic E-state index is 0.164. The molecule has 8 nitrogen and oxygen atoms in total. The summed E-state index contributed by atoms with van der Waals surface area (Å²) in [5.41, 5.74) is 0.507. The van der Waals surface area contributed by atoms with Crippen LogP contribution in [0.15, 0.2) is 82.1 Å². The summed E-state index contributed by atoms with van der Waals surface area (Å²) in [6, 6.07) is 12.8. The van der Waals surface area contributed by atoms with Crippen molar-refractivity contribution in [2.45, 2.75) is 6.54 Å². The molecule has 164 valence electrons. The summed E-state index contributed by atoms with van der Waals surface area (Å²) in [7, 11) is 0. The molecule has 0 atom stereocenters. The zero-order chi connectivity index (χ0) is 22.9. The van der Waals surface area contributed by atoms with Crippen LogP contribution in [0.25, 0.3) is 16.2 Å². The first-order valence-electron chi connectivity index (χ1n) is 9.89. The molecule has 0 bridgehead atoms. The van der Waals surface area contributed by atoms with Crippen LogP contribution in [0.5, 0.6) is 0 Å². The molecule has 0 unspecified atom stereocenters. The normalized spacial score (nSPS) is 11.1. The minimum Gasteiger partial charge on any atom is -0.322 e. The SMILES string of the molecule is O=C(Nc1ccc(-c2cn3ccsc3n2)cc1)c1c[nH]c(=O)n(Cc2ccccc2F)c1=O. The van der Waals surface area contributed by atoms with Crippen molar-refractivity contribution in [1.82, 2.24) is 18.9 Å². The second-order valence-electron chi connectivity index (χ2n) is 7.24. The van der Waals surface area contributed by atoms with E-state index < -0.39 is 23.0 Å². The van der Waals surface area contributed by atoms with Crippen molar-refractivity contribution in [1.29, 1.82) is 0 Å². The quantitative estimate of drug-likeness (QED) is 0.419. The van der Waals surface area contributed by atoms with Crippen molar-refractivity contribution in [3.05, 3.63) is 110 Å². The number of aromatic amines is 1. The zero-order valence-corrected chi connectivity index (χ0v) is 17.8. The Morgan fingerprint density at radius 1 is 1.12 bits per heavy atom. The lowest BCUT2D eigenvalue weighted by molar-refractivity contribution is 0.102. The van der Waals surface area contributed by atoms with E-state index in [1.807, 2.05) is 34.3 Å². The number of hydrogen-bond donors (Lipinski definition) is 2. The predicted molar refractivity (Wildman–Crippen MR) is 123 cm³/mol. The number of nitrogens with zero attached hydrogens (tertiary/aromatic N) is 3. The van der Waals surface area contributed by atoms with Crippen molar-refractivity contribution in [2.24, 2.45) is 0 Å². The number of thiazole rings is 1. The third kappa shape index (κ3) is 3.99. The molecule has 0 spiro atoms. The van der Waals surface area contributed by atoms with Gasteiger partial charge in [-0.3, -0.25) is 18.6 Å². The average molecular weight is 461 g/mol. The van der Waals surface area contributed by atoms with E-state index in [0.717, 1.165) is 27.0 Å². The van der Waals surface area contributed by atoms with Gasteiger partial charge in [0.05, 0.1) is 12.2 Å². The Bertz CT molecular complexity index is 1570. The molecule has 0 aliphatic heterocycles. The number of hydrogen-bond acceptors (Lipinski definition) is 5. The van der Waals surface area contributed by atoms with E-state index in [2.05, 4.69) is 15.3 Å². The van der Waals surface area contributed by atoms with Gasteiger partial charge in [-0.05, 0) is 18.2 Å². The molecule has 3 heterocycles. The number of fused-ring (bicyclic) bond motifs is 1. The van der Waals surface area contributed by atoms with Gasteiger partial charge in [0, 0.05) is 40.8 Å². The van der Waals surface area contributed by atoms with Crippen LogP contribution in [-0.2, 0) is 6.54 Å². The first kappa shape index (κ1) is 20.6. The van der Waals surface area contributed by atoms with Crippen molar-refractivity contribution in [3.8, 4) is 11.3 Å². The standard InChI is InChI=1S/C23H16FN5O3S/c24-18-4-2-1-3-15(18)12-29-21(31)17(11-25-22(29)32)20(30)26-16-7-5-14(6-8-16)19-13-28-9-10-33-23(28)27-19/h1-11,13H,12H2,(H,25,32)(H,26,30). The molecule has 5 rings (SSSR count). The number of benzene rings is 2. The van der Waals surface area contributed by atoms with Gasteiger partial charge in [0.2, 0.25) is 0 Å². The maximum absolute atomic E-state index is 14.0. The summed E-state index contributed by atoms with van der Waals surface area (Å²) < 4.78 is 16.7. The predicted octanol–water partition coefficient (Wildman–Crippen LogP) is 3.35. The smallest absolute Gasteiger partial charge is 0.322 e. The topological polar surface area (TPSA) is 101 Å². The summed E-state index contributed by atoms with van der Waals surface area (Å²) >= 11 is 1.53. The van der Waals surface area contributed by atoms with Crippen LogP contribution in [0, 0.1) is 5.82 Å². The third-order valence-corrected chi connectivity index (χ3v) is 5.89. The lowest BCUT2D eigenvalue weighted by Gasteiger charge is -2.09. The third-order valence-electron chi connectivity index (χ3n) is 5.12. The number of carbonyl (C=O) groups excluding carboxylic acids is 1. The monoisotopic (exact) mass is 461 g/mol. The molecule has 2 N–H and O–H groups in total. The van der Waals surface area contributed by atoms with Crippen LogP contribution in [0.3, 0.4) is 0 Å². The van der Waals surface area contributed by atoms with Gasteiger partial charge in [0.15, 0.2) is 4.96 Å². The first-order chi connectivity index (χ1) is 16.0. The largest absolute Gasteiger partial charge is 0.328 e. The van der Waals surface area contributed by atoms with Crippen LogP contribution < -0.4 is 16.6 Å². The maximum atomic E-state index is 14.0.